The smallest absolute Gasteiger partial charge is 0.226 e. The number of rotatable bonds is 38. The molecule has 0 amide bonds. The van der Waals surface area contributed by atoms with Crippen molar-refractivity contribution in [2.75, 3.05) is 129 Å². The summed E-state index contributed by atoms with van der Waals surface area (Å²) in [6.45, 7) is 10.7. The van der Waals surface area contributed by atoms with Crippen molar-refractivity contribution in [2.24, 2.45) is 0 Å². The van der Waals surface area contributed by atoms with Crippen LogP contribution in [0, 0.1) is 5.41 Å². The third-order valence-corrected chi connectivity index (χ3v) is 10.3. The molecule has 4 N–H and O–H groups in total. The Morgan fingerprint density at radius 2 is 1.41 bits per heavy atom. The third kappa shape index (κ3) is 21.9. The molecule has 0 radical (unpaired) electrons. The van der Waals surface area contributed by atoms with Crippen LogP contribution in [0.15, 0.2) is 24.4 Å². The first-order valence-electron chi connectivity index (χ1n) is 21.2. The summed E-state index contributed by atoms with van der Waals surface area (Å²) in [6.07, 6.45) is 4.44. The van der Waals surface area contributed by atoms with Gasteiger partial charge in [0.15, 0.2) is 8.38 Å². The van der Waals surface area contributed by atoms with Crippen LogP contribution < -0.4 is 10.2 Å². The van der Waals surface area contributed by atoms with Crippen molar-refractivity contribution in [1.82, 2.24) is 25.0 Å². The van der Waals surface area contributed by atoms with Gasteiger partial charge in [0.05, 0.1) is 130 Å². The average molecular weight is 984 g/mol. The third-order valence-electron chi connectivity index (χ3n) is 9.06. The van der Waals surface area contributed by atoms with Crippen LogP contribution in [0.1, 0.15) is 43.0 Å². The second-order valence-corrected chi connectivity index (χ2v) is 16.2. The lowest BCUT2D eigenvalue weighted by Gasteiger charge is -2.27. The van der Waals surface area contributed by atoms with Gasteiger partial charge in [-0.05, 0) is 43.0 Å². The van der Waals surface area contributed by atoms with Gasteiger partial charge in [0.2, 0.25) is 5.28 Å². The average Bonchev–Trinajstić information content (AvgIpc) is 3.93. The van der Waals surface area contributed by atoms with E-state index in [1.807, 2.05) is 11.1 Å². The van der Waals surface area contributed by atoms with Gasteiger partial charge in [-0.3, -0.25) is 0 Å². The van der Waals surface area contributed by atoms with E-state index in [1.165, 1.54) is 0 Å². The molecule has 24 heteroatoms. The van der Waals surface area contributed by atoms with Crippen molar-refractivity contribution in [3.63, 3.8) is 0 Å². The molecule has 64 heavy (non-hydrogen) atoms. The van der Waals surface area contributed by atoms with Crippen LogP contribution in [0.4, 0.5) is 11.6 Å². The van der Waals surface area contributed by atoms with E-state index in [2.05, 4.69) is 32.5 Å². The molecule has 360 valence electrons. The molecule has 1 aliphatic heterocycles. The standard InChI is InChI=1S/C40H62Cl3N8O12P/c1-2-10-54-13-16-57-19-20-59-18-15-56-12-9-51-26-31(48-49-51)28-61-24-23-60-22-21-58-17-14-55-11-8-50(27-34-35(41)4-3-5-36(34)42)39-33(25-44)38(46-40(43)47-39)45-37-7-6-32(63-37)29-62-30-64(52)53/h3-5,25-26,32,37,44,52-53H,2,6-24,27-30H2,1H3,(H,45,46,47). The molecule has 1 saturated heterocycles. The molecule has 3 heterocycles. The Hall–Kier alpha value is -2.47. The second-order valence-electron chi connectivity index (χ2n) is 14.0. The van der Waals surface area contributed by atoms with Gasteiger partial charge in [0.25, 0.3) is 0 Å². The maximum atomic E-state index is 9.12. The van der Waals surface area contributed by atoms with E-state index in [9.17, 15) is 0 Å². The normalized spacial score (nSPS) is 15.1. The topological polar surface area (TPSA) is 228 Å². The predicted octanol–water partition coefficient (Wildman–Crippen LogP) is 4.96. The minimum Gasteiger partial charge on any atom is -0.379 e. The molecular formula is C40H62Cl3N8O12P. The summed E-state index contributed by atoms with van der Waals surface area (Å²) in [5, 5.41) is 20.7. The number of anilines is 2. The van der Waals surface area contributed by atoms with Crippen LogP contribution in [0.3, 0.4) is 0 Å². The number of hydrogen-bond donors (Lipinski definition) is 4. The Kier molecular flexibility index (Phi) is 28.0. The Bertz CT molecular complexity index is 1710. The Labute approximate surface area is 390 Å². The molecule has 1 fully saturated rings. The first-order chi connectivity index (χ1) is 31.3. The lowest BCUT2D eigenvalue weighted by atomic mass is 10.2. The molecule has 0 saturated carbocycles. The highest BCUT2D eigenvalue weighted by Crippen LogP contribution is 2.32. The molecule has 4 rings (SSSR count). The largest absolute Gasteiger partial charge is 0.379 e. The predicted molar refractivity (Wildman–Crippen MR) is 242 cm³/mol. The molecule has 2 atom stereocenters. The fourth-order valence-electron chi connectivity index (χ4n) is 5.99. The molecule has 0 spiro atoms. The van der Waals surface area contributed by atoms with Gasteiger partial charge in [-0.2, -0.15) is 9.97 Å². The van der Waals surface area contributed by atoms with Crippen LogP contribution in [-0.2, 0) is 67.1 Å². The first kappa shape index (κ1) is 54.1. The molecule has 1 aromatic carbocycles. The summed E-state index contributed by atoms with van der Waals surface area (Å²) in [6, 6.07) is 5.27. The van der Waals surface area contributed by atoms with Crippen LogP contribution in [0.5, 0.6) is 0 Å². The SMILES string of the molecule is CCCOCCOCCOCCOCCn1cc(COCCOCCOCCOCCN(Cc2c(Cl)cccc2Cl)c2nc(Cl)nc(NC3CCC(COCP(O)O)O3)c2C=N)nn1. The molecule has 1 aliphatic rings. The van der Waals surface area contributed by atoms with Gasteiger partial charge in [0, 0.05) is 41.5 Å². The van der Waals surface area contributed by atoms with E-state index in [1.54, 1.807) is 22.9 Å². The number of hydrogen-bond acceptors (Lipinski definition) is 19. The highest BCUT2D eigenvalue weighted by molar-refractivity contribution is 7.44. The van der Waals surface area contributed by atoms with Crippen molar-refractivity contribution in [1.29, 1.82) is 5.41 Å². The summed E-state index contributed by atoms with van der Waals surface area (Å²) in [5.41, 5.74) is 1.76. The molecular weight excluding hydrogens is 922 g/mol. The van der Waals surface area contributed by atoms with Crippen LogP contribution in [0.2, 0.25) is 15.3 Å². The van der Waals surface area contributed by atoms with Gasteiger partial charge in [0.1, 0.15) is 29.9 Å². The zero-order valence-electron chi connectivity index (χ0n) is 36.3. The molecule has 2 unspecified atom stereocenters. The number of halogens is 3. The van der Waals surface area contributed by atoms with Crippen molar-refractivity contribution in [3.8, 4) is 0 Å². The number of benzene rings is 1. The van der Waals surface area contributed by atoms with E-state index in [0.717, 1.165) is 24.9 Å². The molecule has 20 nitrogen and oxygen atoms in total. The van der Waals surface area contributed by atoms with E-state index in [-0.39, 0.29) is 37.5 Å². The number of ether oxygens (including phenoxy) is 10. The Balaban J connectivity index is 1.08. The fraction of sp³-hybridized carbons (Fsp3) is 0.675. The summed E-state index contributed by atoms with van der Waals surface area (Å²) < 4.78 is 57.9. The zero-order chi connectivity index (χ0) is 45.6. The van der Waals surface area contributed by atoms with Crippen molar-refractivity contribution >= 4 is 61.0 Å². The summed E-state index contributed by atoms with van der Waals surface area (Å²) in [7, 11) is -2.14. The van der Waals surface area contributed by atoms with E-state index in [4.69, 9.17) is 97.4 Å². The number of nitrogens with one attached hydrogen (secondary N) is 2. The lowest BCUT2D eigenvalue weighted by Crippen LogP contribution is -2.31. The zero-order valence-corrected chi connectivity index (χ0v) is 39.4. The van der Waals surface area contributed by atoms with Gasteiger partial charge in [-0.1, -0.05) is 41.4 Å². The van der Waals surface area contributed by atoms with E-state index < -0.39 is 14.6 Å². The van der Waals surface area contributed by atoms with Crippen molar-refractivity contribution in [2.45, 2.75) is 58.2 Å². The van der Waals surface area contributed by atoms with Crippen molar-refractivity contribution < 1.29 is 57.2 Å². The second kappa shape index (κ2) is 33.1. The highest BCUT2D eigenvalue weighted by atomic mass is 35.5. The minimum atomic E-state index is -2.14. The van der Waals surface area contributed by atoms with Crippen molar-refractivity contribution in [3.05, 3.63) is 56.5 Å². The van der Waals surface area contributed by atoms with Crippen LogP contribution >= 0.6 is 43.2 Å². The molecule has 0 aliphatic carbocycles. The maximum absolute atomic E-state index is 9.12. The lowest BCUT2D eigenvalue weighted by molar-refractivity contribution is -0.00383. The number of nitrogens with zero attached hydrogens (tertiary/aromatic N) is 6. The van der Waals surface area contributed by atoms with Crippen LogP contribution in [0.25, 0.3) is 0 Å². The van der Waals surface area contributed by atoms with Crippen LogP contribution in [-0.4, -0.2) is 172 Å². The Morgan fingerprint density at radius 3 is 2.02 bits per heavy atom. The van der Waals surface area contributed by atoms with E-state index >= 15 is 0 Å². The monoisotopic (exact) mass is 982 g/mol. The van der Waals surface area contributed by atoms with Gasteiger partial charge >= 0.3 is 0 Å². The highest BCUT2D eigenvalue weighted by Gasteiger charge is 2.28. The quantitative estimate of drug-likeness (QED) is 0.0257. The van der Waals surface area contributed by atoms with E-state index in [0.29, 0.717) is 151 Å². The number of aromatic nitrogens is 5. The summed E-state index contributed by atoms with van der Waals surface area (Å²) in [4.78, 5) is 29.0. The van der Waals surface area contributed by atoms with Gasteiger partial charge in [-0.25, -0.2) is 4.68 Å². The molecule has 3 aromatic rings. The van der Waals surface area contributed by atoms with Gasteiger partial charge < -0.3 is 72.8 Å². The summed E-state index contributed by atoms with van der Waals surface area (Å²) in [5.74, 6) is 0.686. The maximum Gasteiger partial charge on any atom is 0.226 e. The van der Waals surface area contributed by atoms with Gasteiger partial charge in [-0.15, -0.1) is 5.10 Å². The molecule has 2 aromatic heterocycles. The summed E-state index contributed by atoms with van der Waals surface area (Å²) >= 11 is 19.6. The fourth-order valence-corrected chi connectivity index (χ4v) is 6.94. The minimum absolute atomic E-state index is 0.0405. The first-order valence-corrected chi connectivity index (χ1v) is 23.8. The Morgan fingerprint density at radius 1 is 0.812 bits per heavy atom. The molecule has 0 bridgehead atoms.